The van der Waals surface area contributed by atoms with Gasteiger partial charge < -0.3 is 9.90 Å². The molecule has 0 aliphatic rings. The molecular weight excluding hydrogens is 168 g/mol. The lowest BCUT2D eigenvalue weighted by Gasteiger charge is -2.01. The highest BCUT2D eigenvalue weighted by Crippen LogP contribution is 1.83. The number of hydrogen-bond acceptors (Lipinski definition) is 2. The van der Waals surface area contributed by atoms with Crippen LogP contribution in [0.3, 0.4) is 0 Å². The van der Waals surface area contributed by atoms with Crippen molar-refractivity contribution >= 4 is 5.97 Å². The van der Waals surface area contributed by atoms with Gasteiger partial charge in [-0.05, 0) is 5.92 Å². The first-order valence-corrected chi connectivity index (χ1v) is 4.11. The normalized spacial score (nSPS) is 9.31. The van der Waals surface area contributed by atoms with Crippen LogP contribution in [0.25, 0.3) is 0 Å². The minimum absolute atomic E-state index is 0.343. The van der Waals surface area contributed by atoms with E-state index in [2.05, 4.69) is 0 Å². The molecule has 0 aliphatic heterocycles. The van der Waals surface area contributed by atoms with Crippen molar-refractivity contribution in [3.63, 3.8) is 0 Å². The number of aromatic nitrogens is 2. The number of carbonyl (C=O) groups excluding carboxylic acids is 1. The molecule has 1 aromatic rings. The molecular formula is C9H16N2O2. The highest BCUT2D eigenvalue weighted by molar-refractivity contribution is 5.66. The van der Waals surface area contributed by atoms with Crippen molar-refractivity contribution in [3.8, 4) is 0 Å². The van der Waals surface area contributed by atoms with Gasteiger partial charge in [-0.25, -0.2) is 9.13 Å². The van der Waals surface area contributed by atoms with E-state index in [0.29, 0.717) is 0 Å². The first-order valence-electron chi connectivity index (χ1n) is 4.11. The number of hydrogen-bond donors (Lipinski definition) is 0. The van der Waals surface area contributed by atoms with E-state index in [4.69, 9.17) is 0 Å². The molecule has 0 amide bonds. The number of aliphatic carboxylic acids is 1. The van der Waals surface area contributed by atoms with Crippen LogP contribution in [0, 0.1) is 5.92 Å². The molecule has 0 atom stereocenters. The van der Waals surface area contributed by atoms with E-state index in [0.717, 1.165) is 0 Å². The monoisotopic (exact) mass is 184 g/mol. The Kier molecular flexibility index (Phi) is 4.80. The van der Waals surface area contributed by atoms with Crippen LogP contribution in [0.4, 0.5) is 0 Å². The Labute approximate surface area is 78.4 Å². The smallest absolute Gasteiger partial charge is 0.243 e. The molecule has 0 saturated carbocycles. The topological polar surface area (TPSA) is 48.9 Å². The molecule has 1 rings (SSSR count). The second kappa shape index (κ2) is 5.35. The lowest BCUT2D eigenvalue weighted by molar-refractivity contribution is -0.670. The predicted octanol–water partition coefficient (Wildman–Crippen LogP) is -0.758. The maximum Gasteiger partial charge on any atom is 0.243 e. The zero-order valence-electron chi connectivity index (χ0n) is 8.52. The van der Waals surface area contributed by atoms with Gasteiger partial charge in [0.1, 0.15) is 12.4 Å². The number of carboxylic acid groups (broad SMARTS) is 1. The number of aryl methyl sites for hydroxylation is 2. The van der Waals surface area contributed by atoms with Gasteiger partial charge in [0.2, 0.25) is 6.33 Å². The number of nitrogens with zero attached hydrogens (tertiary/aromatic N) is 2. The van der Waals surface area contributed by atoms with Crippen molar-refractivity contribution in [3.05, 3.63) is 18.7 Å². The minimum atomic E-state index is -0.991. The van der Waals surface area contributed by atoms with Crippen molar-refractivity contribution in [1.82, 2.24) is 4.57 Å². The van der Waals surface area contributed by atoms with Crippen LogP contribution in [0.2, 0.25) is 0 Å². The molecule has 4 nitrogen and oxygen atoms in total. The summed E-state index contributed by atoms with van der Waals surface area (Å²) in [5, 5.41) is 9.59. The molecule has 0 aromatic carbocycles. The second-order valence-electron chi connectivity index (χ2n) is 3.22. The first kappa shape index (κ1) is 11.7. The molecule has 0 N–H and O–H groups in total. The number of carbonyl (C=O) groups is 1. The Bertz CT molecular complexity index is 250. The van der Waals surface area contributed by atoms with Gasteiger partial charge in [-0.3, -0.25) is 0 Å². The number of imidazole rings is 1. The molecule has 0 spiro atoms. The zero-order chi connectivity index (χ0) is 10.4. The molecule has 0 unspecified atom stereocenters. The average molecular weight is 184 g/mol. The summed E-state index contributed by atoms with van der Waals surface area (Å²) in [5.41, 5.74) is 0. The maximum absolute atomic E-state index is 9.59. The van der Waals surface area contributed by atoms with Crippen molar-refractivity contribution in [1.29, 1.82) is 0 Å². The summed E-state index contributed by atoms with van der Waals surface area (Å²) < 4.78 is 4.00. The van der Waals surface area contributed by atoms with Crippen LogP contribution in [0.15, 0.2) is 18.7 Å². The highest BCUT2D eigenvalue weighted by atomic mass is 16.4. The predicted molar refractivity (Wildman–Crippen MR) is 46.4 cm³/mol. The van der Waals surface area contributed by atoms with E-state index in [1.807, 2.05) is 42.0 Å². The van der Waals surface area contributed by atoms with Crippen molar-refractivity contribution in [2.75, 3.05) is 0 Å². The molecule has 13 heavy (non-hydrogen) atoms. The largest absolute Gasteiger partial charge is 0.550 e. The second-order valence-corrected chi connectivity index (χ2v) is 3.22. The SMILES string of the molecule is CC(C)C(=O)[O-].Cn1cc[n+](C)c1. The number of carboxylic acids is 1. The molecule has 74 valence electrons. The van der Waals surface area contributed by atoms with Gasteiger partial charge in [0.15, 0.2) is 0 Å². The molecule has 1 aromatic heterocycles. The Morgan fingerprint density at radius 3 is 2.08 bits per heavy atom. The molecule has 0 fully saturated rings. The maximum atomic E-state index is 9.59. The standard InChI is InChI=1S/C5H9N2.C4H8O2/c1-6-3-4-7(2)5-6;1-3(2)4(5)6/h3-5H,1-2H3;3H,1-2H3,(H,5,6)/q+1;/p-1. The summed E-state index contributed by atoms with van der Waals surface area (Å²) in [6, 6.07) is 0. The van der Waals surface area contributed by atoms with Crippen LogP contribution >= 0.6 is 0 Å². The molecule has 0 bridgehead atoms. The van der Waals surface area contributed by atoms with E-state index < -0.39 is 5.97 Å². The first-order chi connectivity index (χ1) is 5.93. The Hall–Kier alpha value is -1.32. The summed E-state index contributed by atoms with van der Waals surface area (Å²) in [6.07, 6.45) is 6.00. The van der Waals surface area contributed by atoms with Crippen molar-refractivity contribution in [2.24, 2.45) is 20.0 Å². The molecule has 4 heteroatoms. The van der Waals surface area contributed by atoms with Gasteiger partial charge in [-0.1, -0.05) is 13.8 Å². The van der Waals surface area contributed by atoms with E-state index in [-0.39, 0.29) is 5.92 Å². The van der Waals surface area contributed by atoms with Crippen molar-refractivity contribution in [2.45, 2.75) is 13.8 Å². The average Bonchev–Trinajstić information content (AvgIpc) is 2.35. The molecule has 0 saturated heterocycles. The zero-order valence-corrected chi connectivity index (χ0v) is 8.52. The van der Waals surface area contributed by atoms with E-state index in [1.54, 1.807) is 13.8 Å². The van der Waals surface area contributed by atoms with Gasteiger partial charge in [0, 0.05) is 5.97 Å². The van der Waals surface area contributed by atoms with Crippen LogP contribution in [-0.2, 0) is 18.9 Å². The fourth-order valence-corrected chi connectivity index (χ4v) is 0.575. The quantitative estimate of drug-likeness (QED) is 0.539. The van der Waals surface area contributed by atoms with Crippen LogP contribution in [0.1, 0.15) is 13.8 Å². The summed E-state index contributed by atoms with van der Waals surface area (Å²) in [7, 11) is 4.00. The molecule has 0 aliphatic carbocycles. The van der Waals surface area contributed by atoms with Crippen LogP contribution in [0.5, 0.6) is 0 Å². The highest BCUT2D eigenvalue weighted by Gasteiger charge is 1.87. The summed E-state index contributed by atoms with van der Waals surface area (Å²) in [5.74, 6) is -1.33. The van der Waals surface area contributed by atoms with E-state index >= 15 is 0 Å². The summed E-state index contributed by atoms with van der Waals surface area (Å²) in [4.78, 5) is 9.59. The van der Waals surface area contributed by atoms with Crippen molar-refractivity contribution < 1.29 is 14.5 Å². The fraction of sp³-hybridized carbons (Fsp3) is 0.556. The van der Waals surface area contributed by atoms with Gasteiger partial charge in [-0.2, -0.15) is 0 Å². The third-order valence-corrected chi connectivity index (χ3v) is 1.37. The molecule has 1 heterocycles. The Morgan fingerprint density at radius 2 is 2.00 bits per heavy atom. The van der Waals surface area contributed by atoms with Crippen LogP contribution in [-0.4, -0.2) is 10.5 Å². The Balaban J connectivity index is 0.000000226. The van der Waals surface area contributed by atoms with E-state index in [9.17, 15) is 9.90 Å². The van der Waals surface area contributed by atoms with Gasteiger partial charge in [0.25, 0.3) is 0 Å². The lowest BCUT2D eigenvalue weighted by atomic mass is 10.2. The fourth-order valence-electron chi connectivity index (χ4n) is 0.575. The minimum Gasteiger partial charge on any atom is -0.550 e. The third kappa shape index (κ3) is 5.90. The van der Waals surface area contributed by atoms with Gasteiger partial charge in [-0.15, -0.1) is 0 Å². The van der Waals surface area contributed by atoms with E-state index in [1.165, 1.54) is 0 Å². The van der Waals surface area contributed by atoms with Gasteiger partial charge >= 0.3 is 0 Å². The van der Waals surface area contributed by atoms with Gasteiger partial charge in [0.05, 0.1) is 14.1 Å². The Morgan fingerprint density at radius 1 is 1.54 bits per heavy atom. The summed E-state index contributed by atoms with van der Waals surface area (Å²) >= 11 is 0. The number of rotatable bonds is 1. The van der Waals surface area contributed by atoms with Crippen LogP contribution < -0.4 is 9.67 Å². The molecule has 0 radical (unpaired) electrons. The third-order valence-electron chi connectivity index (χ3n) is 1.37. The summed E-state index contributed by atoms with van der Waals surface area (Å²) in [6.45, 7) is 3.16. The lowest BCUT2D eigenvalue weighted by Crippen LogP contribution is -2.27.